The molecule has 36 heavy (non-hydrogen) atoms. The first-order valence-corrected chi connectivity index (χ1v) is 14.4. The summed E-state index contributed by atoms with van der Waals surface area (Å²) in [5.74, 6) is -1.04. The standard InChI is InChI=1S/C24H29Cl4N3O4S/c1-6-20(23(33)29-24(2,3)4)30(13-16-17(26)8-7-9-18(16)27)22(32)14-31(36(5,34)35)21-12-15(25)10-11-19(21)28/h7-12,20H,6,13-14H2,1-5H3,(H,29,33)/t20-/m0/s1. The molecule has 0 aliphatic heterocycles. The van der Waals surface area contributed by atoms with Crippen molar-refractivity contribution < 1.29 is 18.0 Å². The highest BCUT2D eigenvalue weighted by molar-refractivity contribution is 7.92. The lowest BCUT2D eigenvalue weighted by atomic mass is 10.1. The fourth-order valence-corrected chi connectivity index (χ4v) is 5.30. The number of hydrogen-bond donors (Lipinski definition) is 1. The number of nitrogens with one attached hydrogen (secondary N) is 1. The van der Waals surface area contributed by atoms with E-state index in [2.05, 4.69) is 5.32 Å². The number of sulfonamides is 1. The Hall–Kier alpha value is -1.71. The first-order chi connectivity index (χ1) is 16.5. The summed E-state index contributed by atoms with van der Waals surface area (Å²) >= 11 is 25.1. The van der Waals surface area contributed by atoms with E-state index in [0.717, 1.165) is 10.6 Å². The topological polar surface area (TPSA) is 86.8 Å². The van der Waals surface area contributed by atoms with Crippen LogP contribution in [0, 0.1) is 0 Å². The van der Waals surface area contributed by atoms with Crippen molar-refractivity contribution in [3.8, 4) is 0 Å². The van der Waals surface area contributed by atoms with Crippen molar-refractivity contribution in [2.24, 2.45) is 0 Å². The highest BCUT2D eigenvalue weighted by Gasteiger charge is 2.34. The lowest BCUT2D eigenvalue weighted by Crippen LogP contribution is -2.55. The zero-order valence-electron chi connectivity index (χ0n) is 20.6. The number of hydrogen-bond acceptors (Lipinski definition) is 4. The molecule has 1 atom stereocenters. The molecule has 0 saturated heterocycles. The van der Waals surface area contributed by atoms with Gasteiger partial charge in [-0.2, -0.15) is 0 Å². The second-order valence-corrected chi connectivity index (χ2v) is 12.8. The van der Waals surface area contributed by atoms with Gasteiger partial charge in [0, 0.05) is 32.7 Å². The van der Waals surface area contributed by atoms with E-state index in [1.807, 2.05) is 20.8 Å². The van der Waals surface area contributed by atoms with E-state index in [1.54, 1.807) is 25.1 Å². The molecule has 1 N–H and O–H groups in total. The number of rotatable bonds is 9. The predicted octanol–water partition coefficient (Wildman–Crippen LogP) is 5.79. The molecule has 12 heteroatoms. The number of anilines is 1. The number of benzene rings is 2. The minimum Gasteiger partial charge on any atom is -0.350 e. The molecule has 0 aliphatic rings. The summed E-state index contributed by atoms with van der Waals surface area (Å²) in [5.41, 5.74) is -0.0835. The monoisotopic (exact) mass is 595 g/mol. The molecular weight excluding hydrogens is 568 g/mol. The van der Waals surface area contributed by atoms with Crippen LogP contribution in [-0.2, 0) is 26.2 Å². The molecule has 0 aromatic heterocycles. The summed E-state index contributed by atoms with van der Waals surface area (Å²) in [4.78, 5) is 28.2. The third kappa shape index (κ3) is 8.15. The van der Waals surface area contributed by atoms with Crippen molar-refractivity contribution >= 4 is 73.9 Å². The van der Waals surface area contributed by atoms with E-state index in [0.29, 0.717) is 15.6 Å². The number of halogens is 4. The minimum atomic E-state index is -3.97. The summed E-state index contributed by atoms with van der Waals surface area (Å²) in [6, 6.07) is 8.28. The predicted molar refractivity (Wildman–Crippen MR) is 148 cm³/mol. The Morgan fingerprint density at radius 3 is 2.08 bits per heavy atom. The quantitative estimate of drug-likeness (QED) is 0.397. The number of carbonyl (C=O) groups excluding carboxylic acids is 2. The largest absolute Gasteiger partial charge is 0.350 e. The second-order valence-electron chi connectivity index (χ2n) is 9.25. The van der Waals surface area contributed by atoms with Gasteiger partial charge in [-0.3, -0.25) is 13.9 Å². The van der Waals surface area contributed by atoms with Crippen LogP contribution in [0.3, 0.4) is 0 Å². The summed E-state index contributed by atoms with van der Waals surface area (Å²) < 4.78 is 26.3. The van der Waals surface area contributed by atoms with Gasteiger partial charge in [-0.15, -0.1) is 0 Å². The Morgan fingerprint density at radius 1 is 1.00 bits per heavy atom. The Labute approximate surface area is 232 Å². The Balaban J connectivity index is 2.57. The zero-order valence-corrected chi connectivity index (χ0v) is 24.5. The smallest absolute Gasteiger partial charge is 0.244 e. The van der Waals surface area contributed by atoms with Gasteiger partial charge in [0.1, 0.15) is 12.6 Å². The number of carbonyl (C=O) groups is 2. The highest BCUT2D eigenvalue weighted by atomic mass is 35.5. The third-order valence-corrected chi connectivity index (χ3v) is 7.52. The fourth-order valence-electron chi connectivity index (χ4n) is 3.50. The van der Waals surface area contributed by atoms with Crippen LogP contribution < -0.4 is 9.62 Å². The molecule has 0 spiro atoms. The van der Waals surface area contributed by atoms with Crippen molar-refractivity contribution in [2.75, 3.05) is 17.1 Å². The Kier molecular flexibility index (Phi) is 10.4. The van der Waals surface area contributed by atoms with Gasteiger partial charge in [-0.1, -0.05) is 59.4 Å². The Morgan fingerprint density at radius 2 is 1.58 bits per heavy atom. The van der Waals surface area contributed by atoms with E-state index in [9.17, 15) is 18.0 Å². The van der Waals surface area contributed by atoms with Crippen molar-refractivity contribution in [2.45, 2.75) is 52.2 Å². The molecule has 7 nitrogen and oxygen atoms in total. The van der Waals surface area contributed by atoms with Gasteiger partial charge >= 0.3 is 0 Å². The molecule has 0 unspecified atom stereocenters. The SMILES string of the molecule is CC[C@@H](C(=O)NC(C)(C)C)N(Cc1c(Cl)cccc1Cl)C(=O)CN(c1cc(Cl)ccc1Cl)S(C)(=O)=O. The summed E-state index contributed by atoms with van der Waals surface area (Å²) in [7, 11) is -3.97. The average Bonchev–Trinajstić information content (AvgIpc) is 2.73. The summed E-state index contributed by atoms with van der Waals surface area (Å²) in [6.07, 6.45) is 1.21. The van der Waals surface area contributed by atoms with Crippen LogP contribution in [0.4, 0.5) is 5.69 Å². The third-order valence-electron chi connectivity index (χ3n) is 5.13. The summed E-state index contributed by atoms with van der Waals surface area (Å²) in [5, 5.41) is 3.84. The van der Waals surface area contributed by atoms with Gasteiger partial charge in [-0.25, -0.2) is 8.42 Å². The van der Waals surface area contributed by atoms with Crippen LogP contribution >= 0.6 is 46.4 Å². The molecule has 2 aromatic carbocycles. The van der Waals surface area contributed by atoms with Crippen LogP contribution in [0.2, 0.25) is 20.1 Å². The molecule has 0 fully saturated rings. The van der Waals surface area contributed by atoms with Crippen molar-refractivity contribution in [1.82, 2.24) is 10.2 Å². The molecule has 2 amide bonds. The number of amides is 2. The lowest BCUT2D eigenvalue weighted by molar-refractivity contribution is -0.141. The van der Waals surface area contributed by atoms with E-state index >= 15 is 0 Å². The van der Waals surface area contributed by atoms with Gasteiger partial charge in [-0.05, 0) is 57.5 Å². The van der Waals surface area contributed by atoms with Crippen LogP contribution in [0.15, 0.2) is 36.4 Å². The van der Waals surface area contributed by atoms with Crippen molar-refractivity contribution in [1.29, 1.82) is 0 Å². The minimum absolute atomic E-state index is 0.0444. The average molecular weight is 597 g/mol. The van der Waals surface area contributed by atoms with Gasteiger partial charge in [0.2, 0.25) is 21.8 Å². The molecule has 0 bridgehead atoms. The van der Waals surface area contributed by atoms with Crippen molar-refractivity contribution in [3.05, 3.63) is 62.1 Å². The van der Waals surface area contributed by atoms with E-state index < -0.39 is 40.0 Å². The number of nitrogens with zero attached hydrogens (tertiary/aromatic N) is 2. The highest BCUT2D eigenvalue weighted by Crippen LogP contribution is 2.32. The van der Waals surface area contributed by atoms with Gasteiger partial charge in [0.15, 0.2) is 0 Å². The van der Waals surface area contributed by atoms with Crippen LogP contribution in [-0.4, -0.2) is 49.5 Å². The van der Waals surface area contributed by atoms with Crippen LogP contribution in [0.5, 0.6) is 0 Å². The van der Waals surface area contributed by atoms with Crippen LogP contribution in [0.1, 0.15) is 39.7 Å². The van der Waals surface area contributed by atoms with Crippen LogP contribution in [0.25, 0.3) is 0 Å². The Bertz CT molecular complexity index is 1210. The molecule has 2 aromatic rings. The normalized spacial score (nSPS) is 12.7. The van der Waals surface area contributed by atoms with E-state index in [1.165, 1.54) is 23.1 Å². The molecular formula is C24H29Cl4N3O4S. The first kappa shape index (κ1) is 30.5. The molecule has 0 heterocycles. The van der Waals surface area contributed by atoms with Crippen molar-refractivity contribution in [3.63, 3.8) is 0 Å². The molecule has 0 saturated carbocycles. The zero-order chi connectivity index (χ0) is 27.4. The lowest BCUT2D eigenvalue weighted by Gasteiger charge is -2.35. The first-order valence-electron chi connectivity index (χ1n) is 11.0. The van der Waals surface area contributed by atoms with E-state index in [4.69, 9.17) is 46.4 Å². The van der Waals surface area contributed by atoms with Gasteiger partial charge in [0.25, 0.3) is 0 Å². The molecule has 0 radical (unpaired) electrons. The molecule has 2 rings (SSSR count). The second kappa shape index (κ2) is 12.2. The maximum absolute atomic E-state index is 13.7. The maximum atomic E-state index is 13.7. The fraction of sp³-hybridized carbons (Fsp3) is 0.417. The summed E-state index contributed by atoms with van der Waals surface area (Å²) in [6.45, 7) is 6.47. The molecule has 198 valence electrons. The molecule has 0 aliphatic carbocycles. The van der Waals surface area contributed by atoms with Gasteiger partial charge in [0.05, 0.1) is 17.0 Å². The van der Waals surface area contributed by atoms with E-state index in [-0.39, 0.29) is 28.7 Å². The van der Waals surface area contributed by atoms with Gasteiger partial charge < -0.3 is 10.2 Å². The maximum Gasteiger partial charge on any atom is 0.244 e.